The van der Waals surface area contributed by atoms with E-state index >= 15 is 0 Å². The number of nitrogens with zero attached hydrogens (tertiary/aromatic N) is 1. The number of rotatable bonds is 7. The maximum Gasteiger partial charge on any atom is 0.340 e. The first-order valence-corrected chi connectivity index (χ1v) is 11.4. The summed E-state index contributed by atoms with van der Waals surface area (Å²) in [6, 6.07) is 6.39. The minimum atomic E-state index is -0.434. The van der Waals surface area contributed by atoms with E-state index in [1.54, 1.807) is 43.9 Å². The van der Waals surface area contributed by atoms with Gasteiger partial charge in [0.05, 0.1) is 12.2 Å². The van der Waals surface area contributed by atoms with E-state index < -0.39 is 5.97 Å². The van der Waals surface area contributed by atoms with Gasteiger partial charge >= 0.3 is 5.97 Å². The van der Waals surface area contributed by atoms with Gasteiger partial charge in [-0.1, -0.05) is 25.1 Å². The van der Waals surface area contributed by atoms with Gasteiger partial charge in [0, 0.05) is 36.8 Å². The Morgan fingerprint density at radius 2 is 1.88 bits per heavy atom. The van der Waals surface area contributed by atoms with Gasteiger partial charge in [0.15, 0.2) is 0 Å². The van der Waals surface area contributed by atoms with Crippen molar-refractivity contribution in [3.63, 3.8) is 0 Å². The van der Waals surface area contributed by atoms with E-state index in [4.69, 9.17) is 4.74 Å². The molecule has 8 heteroatoms. The van der Waals surface area contributed by atoms with Crippen LogP contribution in [0.2, 0.25) is 0 Å². The molecule has 0 radical (unpaired) electrons. The van der Waals surface area contributed by atoms with E-state index in [0.717, 1.165) is 0 Å². The predicted octanol–water partition coefficient (Wildman–Crippen LogP) is 3.75. The largest absolute Gasteiger partial charge is 0.462 e. The molecule has 1 saturated heterocycles. The maximum atomic E-state index is 13.8. The van der Waals surface area contributed by atoms with E-state index in [1.165, 1.54) is 6.07 Å². The number of amides is 2. The molecule has 0 bridgehead atoms. The summed E-state index contributed by atoms with van der Waals surface area (Å²) in [6.07, 6.45) is 1.40. The number of carbonyl (C=O) groups excluding carboxylic acids is 3. The summed E-state index contributed by atoms with van der Waals surface area (Å²) >= 11 is 0. The van der Waals surface area contributed by atoms with Crippen LogP contribution in [0.3, 0.4) is 0 Å². The molecule has 33 heavy (non-hydrogen) atoms. The number of likely N-dealkylation sites (tertiary alicyclic amines) is 1. The summed E-state index contributed by atoms with van der Waals surface area (Å²) in [5.41, 5.74) is 2.49. The normalized spacial score (nSPS) is 15.2. The molecule has 2 N–H and O–H groups in total. The van der Waals surface area contributed by atoms with Gasteiger partial charge in [-0.2, -0.15) is 0 Å². The van der Waals surface area contributed by atoms with E-state index in [9.17, 15) is 18.8 Å². The minimum absolute atomic E-state index is 0.113. The molecule has 1 fully saturated rings. The van der Waals surface area contributed by atoms with Gasteiger partial charge in [0.25, 0.3) is 5.91 Å². The van der Waals surface area contributed by atoms with Crippen molar-refractivity contribution in [2.75, 3.05) is 19.7 Å². The molecule has 1 aliphatic heterocycles. The van der Waals surface area contributed by atoms with E-state index in [-0.39, 0.29) is 42.6 Å². The molecule has 0 aliphatic carbocycles. The lowest BCUT2D eigenvalue weighted by atomic mass is 9.84. The SMILES string of the molecule is CCOC(=O)c1c(C)[nH]c(C(=O)N2CCC(C(C)C(=O)NCc3ccccc3F)CC2)c1C. The maximum absolute atomic E-state index is 13.8. The number of H-pyrrole nitrogens is 1. The van der Waals surface area contributed by atoms with Crippen molar-refractivity contribution >= 4 is 17.8 Å². The van der Waals surface area contributed by atoms with Crippen molar-refractivity contribution in [3.8, 4) is 0 Å². The number of hydrogen-bond donors (Lipinski definition) is 2. The lowest BCUT2D eigenvalue weighted by molar-refractivity contribution is -0.126. The van der Waals surface area contributed by atoms with Crippen molar-refractivity contribution in [1.82, 2.24) is 15.2 Å². The third-order valence-electron chi connectivity index (χ3n) is 6.49. The zero-order chi connectivity index (χ0) is 24.1. The van der Waals surface area contributed by atoms with Gasteiger partial charge in [0.1, 0.15) is 11.5 Å². The fourth-order valence-electron chi connectivity index (χ4n) is 4.43. The Morgan fingerprint density at radius 3 is 2.52 bits per heavy atom. The van der Waals surface area contributed by atoms with Gasteiger partial charge < -0.3 is 19.9 Å². The molecule has 2 heterocycles. The standard InChI is InChI=1S/C25H32FN3O4/c1-5-33-25(32)21-16(3)22(28-17(21)4)24(31)29-12-10-18(11-13-29)15(2)23(30)27-14-19-8-6-7-9-20(19)26/h6-9,15,18,28H,5,10-14H2,1-4H3,(H,27,30). The first-order valence-electron chi connectivity index (χ1n) is 11.4. The number of ether oxygens (including phenoxy) is 1. The number of benzene rings is 1. The molecule has 1 aromatic carbocycles. The first kappa shape index (κ1) is 24.5. The first-order chi connectivity index (χ1) is 15.7. The Bertz CT molecular complexity index is 1020. The molecule has 0 spiro atoms. The molecule has 2 amide bonds. The van der Waals surface area contributed by atoms with Gasteiger partial charge in [-0.3, -0.25) is 9.59 Å². The molecular formula is C25H32FN3O4. The topological polar surface area (TPSA) is 91.5 Å². The van der Waals surface area contributed by atoms with Crippen LogP contribution in [0.25, 0.3) is 0 Å². The molecule has 1 unspecified atom stereocenters. The van der Waals surface area contributed by atoms with Crippen LogP contribution < -0.4 is 5.32 Å². The highest BCUT2D eigenvalue weighted by Crippen LogP contribution is 2.27. The van der Waals surface area contributed by atoms with Crippen molar-refractivity contribution in [2.24, 2.45) is 11.8 Å². The zero-order valence-electron chi connectivity index (χ0n) is 19.7. The second-order valence-electron chi connectivity index (χ2n) is 8.57. The number of aryl methyl sites for hydroxylation is 1. The molecule has 1 aliphatic rings. The number of piperidine rings is 1. The molecule has 3 rings (SSSR count). The van der Waals surface area contributed by atoms with E-state index in [2.05, 4.69) is 10.3 Å². The molecular weight excluding hydrogens is 425 g/mol. The lowest BCUT2D eigenvalue weighted by Gasteiger charge is -2.34. The summed E-state index contributed by atoms with van der Waals surface area (Å²) in [4.78, 5) is 42.7. The summed E-state index contributed by atoms with van der Waals surface area (Å²) in [5.74, 6) is -1.13. The van der Waals surface area contributed by atoms with Crippen molar-refractivity contribution in [3.05, 3.63) is 58.2 Å². The number of esters is 1. The number of halogens is 1. The lowest BCUT2D eigenvalue weighted by Crippen LogP contribution is -2.43. The van der Waals surface area contributed by atoms with E-state index in [0.29, 0.717) is 54.0 Å². The molecule has 1 aromatic heterocycles. The fraction of sp³-hybridized carbons (Fsp3) is 0.480. The number of aromatic nitrogens is 1. The van der Waals surface area contributed by atoms with Crippen LogP contribution in [0.1, 0.15) is 64.4 Å². The molecule has 7 nitrogen and oxygen atoms in total. The van der Waals surface area contributed by atoms with Crippen molar-refractivity contribution in [2.45, 2.75) is 47.1 Å². The Balaban J connectivity index is 1.56. The highest BCUT2D eigenvalue weighted by Gasteiger charge is 2.32. The van der Waals surface area contributed by atoms with Gasteiger partial charge in [-0.15, -0.1) is 0 Å². The zero-order valence-corrected chi connectivity index (χ0v) is 19.7. The summed E-state index contributed by atoms with van der Waals surface area (Å²) in [6.45, 7) is 8.60. The highest BCUT2D eigenvalue weighted by molar-refractivity contribution is 6.00. The van der Waals surface area contributed by atoms with Gasteiger partial charge in [0.2, 0.25) is 5.91 Å². The van der Waals surface area contributed by atoms with E-state index in [1.807, 2.05) is 6.92 Å². The van der Waals surface area contributed by atoms with Crippen LogP contribution in [0.15, 0.2) is 24.3 Å². The second-order valence-corrected chi connectivity index (χ2v) is 8.57. The van der Waals surface area contributed by atoms with Crippen LogP contribution >= 0.6 is 0 Å². The number of nitrogens with one attached hydrogen (secondary N) is 2. The Kier molecular flexibility index (Phi) is 7.89. The summed E-state index contributed by atoms with van der Waals surface area (Å²) in [5, 5.41) is 2.83. The molecule has 178 valence electrons. The van der Waals surface area contributed by atoms with Crippen LogP contribution in [0, 0.1) is 31.5 Å². The quantitative estimate of drug-likeness (QED) is 0.620. The highest BCUT2D eigenvalue weighted by atomic mass is 19.1. The molecule has 2 aromatic rings. The van der Waals surface area contributed by atoms with Crippen LogP contribution in [-0.2, 0) is 16.1 Å². The summed E-state index contributed by atoms with van der Waals surface area (Å²) < 4.78 is 18.9. The fourth-order valence-corrected chi connectivity index (χ4v) is 4.43. The molecule has 1 atom stereocenters. The van der Waals surface area contributed by atoms with Gasteiger partial charge in [-0.25, -0.2) is 9.18 Å². The minimum Gasteiger partial charge on any atom is -0.462 e. The number of carbonyl (C=O) groups is 3. The number of aromatic amines is 1. The second kappa shape index (κ2) is 10.6. The summed E-state index contributed by atoms with van der Waals surface area (Å²) in [7, 11) is 0. The Morgan fingerprint density at radius 1 is 1.21 bits per heavy atom. The number of hydrogen-bond acceptors (Lipinski definition) is 4. The van der Waals surface area contributed by atoms with Gasteiger partial charge in [-0.05, 0) is 51.2 Å². The van der Waals surface area contributed by atoms with Crippen molar-refractivity contribution in [1.29, 1.82) is 0 Å². The Hall–Kier alpha value is -3.16. The molecule has 0 saturated carbocycles. The third kappa shape index (κ3) is 5.43. The Labute approximate surface area is 193 Å². The third-order valence-corrected chi connectivity index (χ3v) is 6.49. The van der Waals surface area contributed by atoms with Crippen LogP contribution in [0.4, 0.5) is 4.39 Å². The van der Waals surface area contributed by atoms with Crippen molar-refractivity contribution < 1.29 is 23.5 Å². The predicted molar refractivity (Wildman–Crippen MR) is 122 cm³/mol. The van der Waals surface area contributed by atoms with Crippen LogP contribution in [0.5, 0.6) is 0 Å². The average molecular weight is 458 g/mol. The van der Waals surface area contributed by atoms with Crippen LogP contribution in [-0.4, -0.2) is 47.4 Å². The monoisotopic (exact) mass is 457 g/mol. The smallest absolute Gasteiger partial charge is 0.340 e. The average Bonchev–Trinajstić information content (AvgIpc) is 3.11.